The fourth-order valence-electron chi connectivity index (χ4n) is 2.83. The zero-order valence-corrected chi connectivity index (χ0v) is 19.1. The van der Waals surface area contributed by atoms with Crippen LogP contribution in [-0.4, -0.2) is 42.0 Å². The van der Waals surface area contributed by atoms with Gasteiger partial charge in [-0.2, -0.15) is 11.8 Å². The van der Waals surface area contributed by atoms with E-state index in [4.69, 9.17) is 0 Å². The van der Waals surface area contributed by atoms with Crippen molar-refractivity contribution in [1.29, 1.82) is 0 Å². The lowest BCUT2D eigenvalue weighted by atomic mass is 10.1. The number of thioether (sulfide) groups is 1. The predicted octanol–water partition coefficient (Wildman–Crippen LogP) is 3.40. The fraction of sp³-hybridized carbons (Fsp3) is 0.579. The summed E-state index contributed by atoms with van der Waals surface area (Å²) in [6.45, 7) is 9.23. The van der Waals surface area contributed by atoms with Crippen LogP contribution in [-0.2, 0) is 6.54 Å². The Morgan fingerprint density at radius 3 is 2.65 bits per heavy atom. The Labute approximate surface area is 178 Å². The van der Waals surface area contributed by atoms with Gasteiger partial charge >= 0.3 is 0 Å². The molecule has 1 saturated heterocycles. The summed E-state index contributed by atoms with van der Waals surface area (Å²) < 4.78 is 0.300. The number of aliphatic imine (C=N–C) groups is 1. The van der Waals surface area contributed by atoms with E-state index in [1.807, 2.05) is 43.0 Å². The third-order valence-electron chi connectivity index (χ3n) is 4.22. The van der Waals surface area contributed by atoms with Crippen molar-refractivity contribution in [2.24, 2.45) is 4.99 Å². The van der Waals surface area contributed by atoms with Crippen LogP contribution in [0.25, 0.3) is 0 Å². The van der Waals surface area contributed by atoms with Gasteiger partial charge in [-0.05, 0) is 57.1 Å². The van der Waals surface area contributed by atoms with Crippen LogP contribution in [0.5, 0.6) is 0 Å². The van der Waals surface area contributed by atoms with Crippen LogP contribution in [0.15, 0.2) is 29.3 Å². The van der Waals surface area contributed by atoms with E-state index < -0.39 is 0 Å². The largest absolute Gasteiger partial charge is 0.357 e. The number of carbonyl (C=O) groups excluding carboxylic acids is 1. The van der Waals surface area contributed by atoms with Gasteiger partial charge in [0.2, 0.25) is 0 Å². The van der Waals surface area contributed by atoms with Crippen molar-refractivity contribution in [2.75, 3.05) is 25.4 Å². The minimum Gasteiger partial charge on any atom is -0.357 e. The number of hydrogen-bond acceptors (Lipinski definition) is 3. The highest BCUT2D eigenvalue weighted by molar-refractivity contribution is 14.0. The molecule has 1 aromatic rings. The molecule has 7 heteroatoms. The average molecular weight is 490 g/mol. The van der Waals surface area contributed by atoms with Crippen LogP contribution >= 0.6 is 35.7 Å². The molecule has 26 heavy (non-hydrogen) atoms. The third kappa shape index (κ3) is 7.34. The molecule has 1 atom stereocenters. The van der Waals surface area contributed by atoms with Gasteiger partial charge in [0.1, 0.15) is 0 Å². The van der Waals surface area contributed by atoms with Crippen molar-refractivity contribution >= 4 is 47.6 Å². The maximum atomic E-state index is 11.9. The highest BCUT2D eigenvalue weighted by atomic mass is 127. The zero-order chi connectivity index (χ0) is 18.1. The van der Waals surface area contributed by atoms with Crippen LogP contribution < -0.4 is 16.0 Å². The molecule has 1 aliphatic heterocycles. The molecule has 0 saturated carbocycles. The topological polar surface area (TPSA) is 65.5 Å². The Kier molecular flexibility index (Phi) is 10.4. The van der Waals surface area contributed by atoms with Crippen LogP contribution in [0.3, 0.4) is 0 Å². The summed E-state index contributed by atoms with van der Waals surface area (Å²) in [6, 6.07) is 7.65. The van der Waals surface area contributed by atoms with Gasteiger partial charge in [0, 0.05) is 29.9 Å². The first-order valence-electron chi connectivity index (χ1n) is 9.09. The van der Waals surface area contributed by atoms with Gasteiger partial charge in [-0.1, -0.05) is 12.1 Å². The van der Waals surface area contributed by atoms with Gasteiger partial charge < -0.3 is 16.0 Å². The molecular formula is C19H31IN4OS. The third-order valence-corrected chi connectivity index (χ3v) is 5.76. The average Bonchev–Trinajstić information content (AvgIpc) is 3.05. The van der Waals surface area contributed by atoms with E-state index in [0.717, 1.165) is 24.6 Å². The fourth-order valence-corrected chi connectivity index (χ4v) is 4.08. The first-order chi connectivity index (χ1) is 12.1. The number of rotatable bonds is 7. The standard InChI is InChI=1S/C19H30N4OS.HI/c1-4-20-17(24)16-9-6-8-15(12-16)13-22-18(21-5-2)23-14-19(3)10-7-11-25-19;/h6,8-9,12H,4-5,7,10-11,13-14H2,1-3H3,(H,20,24)(H2,21,22,23);1H. The number of benzene rings is 1. The second kappa shape index (κ2) is 11.7. The van der Waals surface area contributed by atoms with Crippen molar-refractivity contribution in [3.8, 4) is 0 Å². The molecule has 0 aromatic heterocycles. The summed E-state index contributed by atoms with van der Waals surface area (Å²) in [5.74, 6) is 2.04. The van der Waals surface area contributed by atoms with Crippen molar-refractivity contribution in [2.45, 2.75) is 44.9 Å². The molecule has 1 aromatic carbocycles. The Bertz CT molecular complexity index is 603. The SMILES string of the molecule is CCNC(=O)c1cccc(CN=C(NCC)NCC2(C)CCCS2)c1.I. The van der Waals surface area contributed by atoms with Gasteiger partial charge in [-0.3, -0.25) is 4.79 Å². The van der Waals surface area contributed by atoms with E-state index in [-0.39, 0.29) is 29.9 Å². The highest BCUT2D eigenvalue weighted by Crippen LogP contribution is 2.36. The van der Waals surface area contributed by atoms with E-state index in [0.29, 0.717) is 23.4 Å². The molecule has 1 aliphatic rings. The quantitative estimate of drug-likeness (QED) is 0.312. The maximum absolute atomic E-state index is 11.9. The minimum absolute atomic E-state index is 0. The van der Waals surface area contributed by atoms with Crippen LogP contribution in [0.4, 0.5) is 0 Å². The lowest BCUT2D eigenvalue weighted by molar-refractivity contribution is 0.0955. The molecule has 3 N–H and O–H groups in total. The van der Waals surface area contributed by atoms with Gasteiger partial charge in [0.15, 0.2) is 5.96 Å². The second-order valence-electron chi connectivity index (χ2n) is 6.51. The van der Waals surface area contributed by atoms with Gasteiger partial charge in [-0.25, -0.2) is 4.99 Å². The summed E-state index contributed by atoms with van der Waals surface area (Å²) in [6.07, 6.45) is 2.54. The molecule has 1 unspecified atom stereocenters. The van der Waals surface area contributed by atoms with Gasteiger partial charge in [0.05, 0.1) is 6.54 Å². The number of nitrogens with zero attached hydrogens (tertiary/aromatic N) is 1. The van der Waals surface area contributed by atoms with E-state index in [1.54, 1.807) is 0 Å². The van der Waals surface area contributed by atoms with E-state index in [1.165, 1.54) is 18.6 Å². The van der Waals surface area contributed by atoms with Crippen molar-refractivity contribution < 1.29 is 4.79 Å². The molecular weight excluding hydrogens is 459 g/mol. The summed E-state index contributed by atoms with van der Waals surface area (Å²) >= 11 is 2.04. The number of halogens is 1. The molecule has 1 amide bonds. The Hall–Kier alpha value is -0.960. The first kappa shape index (κ1) is 23.1. The first-order valence-corrected chi connectivity index (χ1v) is 10.1. The molecule has 146 valence electrons. The van der Waals surface area contributed by atoms with E-state index >= 15 is 0 Å². The number of hydrogen-bond donors (Lipinski definition) is 3. The predicted molar refractivity (Wildman–Crippen MR) is 123 cm³/mol. The summed E-state index contributed by atoms with van der Waals surface area (Å²) in [4.78, 5) is 16.6. The highest BCUT2D eigenvalue weighted by Gasteiger charge is 2.29. The van der Waals surface area contributed by atoms with Crippen LogP contribution in [0.1, 0.15) is 49.5 Å². The number of amides is 1. The van der Waals surface area contributed by atoms with E-state index in [9.17, 15) is 4.79 Å². The molecule has 0 aliphatic carbocycles. The smallest absolute Gasteiger partial charge is 0.251 e. The normalized spacial score (nSPS) is 19.6. The monoisotopic (exact) mass is 490 g/mol. The maximum Gasteiger partial charge on any atom is 0.251 e. The number of carbonyl (C=O) groups is 1. The lowest BCUT2D eigenvalue weighted by Crippen LogP contribution is -2.43. The molecule has 2 rings (SSSR count). The van der Waals surface area contributed by atoms with Crippen molar-refractivity contribution in [1.82, 2.24) is 16.0 Å². The van der Waals surface area contributed by atoms with Crippen LogP contribution in [0, 0.1) is 0 Å². The van der Waals surface area contributed by atoms with Crippen molar-refractivity contribution in [3.63, 3.8) is 0 Å². The van der Waals surface area contributed by atoms with Crippen LogP contribution in [0.2, 0.25) is 0 Å². The Morgan fingerprint density at radius 1 is 1.23 bits per heavy atom. The summed E-state index contributed by atoms with van der Waals surface area (Å²) in [5, 5.41) is 9.60. The Morgan fingerprint density at radius 2 is 2.00 bits per heavy atom. The zero-order valence-electron chi connectivity index (χ0n) is 15.9. The molecule has 5 nitrogen and oxygen atoms in total. The Balaban J connectivity index is 0.00000338. The van der Waals surface area contributed by atoms with E-state index in [2.05, 4.69) is 34.8 Å². The molecule has 0 bridgehead atoms. The molecule has 0 spiro atoms. The minimum atomic E-state index is -0.0375. The number of guanidine groups is 1. The molecule has 0 radical (unpaired) electrons. The summed E-state index contributed by atoms with van der Waals surface area (Å²) in [5.41, 5.74) is 1.71. The second-order valence-corrected chi connectivity index (χ2v) is 8.19. The van der Waals surface area contributed by atoms with Gasteiger partial charge in [0.25, 0.3) is 5.91 Å². The number of nitrogens with one attached hydrogen (secondary N) is 3. The molecule has 1 fully saturated rings. The molecule has 1 heterocycles. The lowest BCUT2D eigenvalue weighted by Gasteiger charge is -2.24. The summed E-state index contributed by atoms with van der Waals surface area (Å²) in [7, 11) is 0. The van der Waals surface area contributed by atoms with Crippen molar-refractivity contribution in [3.05, 3.63) is 35.4 Å². The van der Waals surface area contributed by atoms with Gasteiger partial charge in [-0.15, -0.1) is 24.0 Å².